The lowest BCUT2D eigenvalue weighted by atomic mass is 9.93. The summed E-state index contributed by atoms with van der Waals surface area (Å²) in [6.07, 6.45) is 2.03. The highest BCUT2D eigenvalue weighted by molar-refractivity contribution is 6.07. The van der Waals surface area contributed by atoms with Crippen LogP contribution in [0.1, 0.15) is 52.4 Å². The summed E-state index contributed by atoms with van der Waals surface area (Å²) >= 11 is 0. The van der Waals surface area contributed by atoms with Gasteiger partial charge in [-0.2, -0.15) is 0 Å². The first kappa shape index (κ1) is 25.9. The molecular weight excluding hydrogens is 477 g/mol. The number of carbonyl (C=O) groups excluding carboxylic acids is 3. The molecule has 1 atom stereocenters. The van der Waals surface area contributed by atoms with E-state index in [9.17, 15) is 18.8 Å². The van der Waals surface area contributed by atoms with Crippen molar-refractivity contribution in [1.82, 2.24) is 25.1 Å². The molecule has 0 unspecified atom stereocenters. The number of benzene rings is 2. The van der Waals surface area contributed by atoms with Crippen LogP contribution < -0.4 is 15.4 Å². The van der Waals surface area contributed by atoms with E-state index in [1.54, 1.807) is 30.7 Å². The molecule has 0 bridgehead atoms. The largest absolute Gasteiger partial charge is 0.497 e. The van der Waals surface area contributed by atoms with Crippen LogP contribution in [-0.2, 0) is 24.4 Å². The number of nitrogens with zero attached hydrogens (tertiary/aromatic N) is 3. The monoisotopic (exact) mass is 507 g/mol. The van der Waals surface area contributed by atoms with Crippen molar-refractivity contribution in [2.24, 2.45) is 0 Å². The average molecular weight is 508 g/mol. The van der Waals surface area contributed by atoms with E-state index in [1.807, 2.05) is 31.2 Å². The molecule has 0 spiro atoms. The SMILES string of the molecule is CCCN1C(=O)c2c(C(=O)NCc3cccc(F)c3)ncn2C[C@]1(C)C(=O)NCc1ccc(OC)cc1. The highest BCUT2D eigenvalue weighted by Gasteiger charge is 2.48. The van der Waals surface area contributed by atoms with E-state index in [-0.39, 0.29) is 36.9 Å². The lowest BCUT2D eigenvalue weighted by Gasteiger charge is -2.43. The van der Waals surface area contributed by atoms with Crippen molar-refractivity contribution >= 4 is 17.7 Å². The average Bonchev–Trinajstić information content (AvgIpc) is 3.32. The van der Waals surface area contributed by atoms with Crippen molar-refractivity contribution < 1.29 is 23.5 Å². The van der Waals surface area contributed by atoms with E-state index in [0.29, 0.717) is 18.5 Å². The van der Waals surface area contributed by atoms with Crippen LogP contribution in [0.25, 0.3) is 0 Å². The molecule has 0 saturated carbocycles. The number of nitrogens with one attached hydrogen (secondary N) is 2. The Balaban J connectivity index is 1.52. The number of amides is 3. The summed E-state index contributed by atoms with van der Waals surface area (Å²) in [7, 11) is 1.59. The van der Waals surface area contributed by atoms with Crippen molar-refractivity contribution in [1.29, 1.82) is 0 Å². The van der Waals surface area contributed by atoms with Gasteiger partial charge in [-0.3, -0.25) is 14.4 Å². The zero-order valence-electron chi connectivity index (χ0n) is 21.1. The van der Waals surface area contributed by atoms with Gasteiger partial charge in [-0.15, -0.1) is 0 Å². The van der Waals surface area contributed by atoms with Gasteiger partial charge in [0.15, 0.2) is 5.69 Å². The molecule has 2 heterocycles. The fourth-order valence-electron chi connectivity index (χ4n) is 4.46. The third kappa shape index (κ3) is 5.32. The van der Waals surface area contributed by atoms with E-state index in [2.05, 4.69) is 15.6 Å². The minimum atomic E-state index is -1.18. The van der Waals surface area contributed by atoms with E-state index < -0.39 is 23.2 Å². The first-order valence-electron chi connectivity index (χ1n) is 12.1. The topological polar surface area (TPSA) is 106 Å². The Hall–Kier alpha value is -4.21. The first-order valence-corrected chi connectivity index (χ1v) is 12.1. The van der Waals surface area contributed by atoms with Crippen LogP contribution >= 0.6 is 0 Å². The number of aromatic nitrogens is 2. The molecule has 0 fully saturated rings. The van der Waals surface area contributed by atoms with E-state index >= 15 is 0 Å². The Morgan fingerprint density at radius 1 is 1.11 bits per heavy atom. The fourth-order valence-corrected chi connectivity index (χ4v) is 4.46. The predicted molar refractivity (Wildman–Crippen MR) is 134 cm³/mol. The Labute approximate surface area is 214 Å². The van der Waals surface area contributed by atoms with Gasteiger partial charge in [0.1, 0.15) is 22.8 Å². The molecule has 2 aromatic carbocycles. The molecular formula is C27H30FN5O4. The number of rotatable bonds is 9. The lowest BCUT2D eigenvalue weighted by molar-refractivity contribution is -0.133. The third-order valence-corrected chi connectivity index (χ3v) is 6.47. The highest BCUT2D eigenvalue weighted by Crippen LogP contribution is 2.29. The Morgan fingerprint density at radius 3 is 2.51 bits per heavy atom. The third-order valence-electron chi connectivity index (χ3n) is 6.47. The van der Waals surface area contributed by atoms with Gasteiger partial charge in [0.25, 0.3) is 11.8 Å². The van der Waals surface area contributed by atoms with Crippen LogP contribution in [0.15, 0.2) is 54.9 Å². The van der Waals surface area contributed by atoms with Gasteiger partial charge in [-0.1, -0.05) is 31.2 Å². The summed E-state index contributed by atoms with van der Waals surface area (Å²) in [5.74, 6) is -0.973. The molecule has 0 saturated heterocycles. The van der Waals surface area contributed by atoms with Gasteiger partial charge in [0, 0.05) is 19.6 Å². The Kier molecular flexibility index (Phi) is 7.56. The molecule has 1 aliphatic heterocycles. The van der Waals surface area contributed by atoms with Crippen molar-refractivity contribution in [2.75, 3.05) is 13.7 Å². The summed E-state index contributed by atoms with van der Waals surface area (Å²) in [4.78, 5) is 45.6. The normalized spacial score (nSPS) is 16.8. The molecule has 0 aliphatic carbocycles. The quantitative estimate of drug-likeness (QED) is 0.463. The van der Waals surface area contributed by atoms with Gasteiger partial charge in [-0.05, 0) is 48.7 Å². The summed E-state index contributed by atoms with van der Waals surface area (Å²) < 4.78 is 20.2. The Morgan fingerprint density at radius 2 is 1.84 bits per heavy atom. The molecule has 37 heavy (non-hydrogen) atoms. The zero-order valence-corrected chi connectivity index (χ0v) is 21.1. The molecule has 1 aromatic heterocycles. The van der Waals surface area contributed by atoms with E-state index in [4.69, 9.17) is 4.74 Å². The number of hydrogen-bond acceptors (Lipinski definition) is 5. The highest BCUT2D eigenvalue weighted by atomic mass is 19.1. The number of carbonyl (C=O) groups is 3. The molecule has 194 valence electrons. The summed E-state index contributed by atoms with van der Waals surface area (Å²) in [5, 5.41) is 5.64. The lowest BCUT2D eigenvalue weighted by Crippen LogP contribution is -2.64. The number of imidazole rings is 1. The maximum absolute atomic E-state index is 13.6. The molecule has 10 heteroatoms. The molecule has 3 aromatic rings. The first-order chi connectivity index (χ1) is 17.8. The standard InChI is InChI=1S/C27H30FN5O4/c1-4-12-33-25(35)23-22(24(34)29-15-19-6-5-7-20(28)13-19)31-17-32(23)16-27(33,2)26(36)30-14-18-8-10-21(37-3)11-9-18/h5-11,13,17H,4,12,14-16H2,1-3H3,(H,29,34)(H,30,36)/t27-/m1/s1. The minimum absolute atomic E-state index is 0.0248. The summed E-state index contributed by atoms with van der Waals surface area (Å²) in [5.41, 5.74) is 0.403. The van der Waals surface area contributed by atoms with Crippen LogP contribution in [0, 0.1) is 5.82 Å². The molecule has 3 amide bonds. The molecule has 2 N–H and O–H groups in total. The second kappa shape index (κ2) is 10.8. The van der Waals surface area contributed by atoms with Crippen molar-refractivity contribution in [2.45, 2.75) is 45.4 Å². The summed E-state index contributed by atoms with van der Waals surface area (Å²) in [6.45, 7) is 4.49. The predicted octanol–water partition coefficient (Wildman–Crippen LogP) is 2.90. The fraction of sp³-hybridized carbons (Fsp3) is 0.333. The molecule has 4 rings (SSSR count). The van der Waals surface area contributed by atoms with Crippen LogP contribution in [-0.4, -0.2) is 51.4 Å². The van der Waals surface area contributed by atoms with E-state index in [1.165, 1.54) is 23.4 Å². The van der Waals surface area contributed by atoms with Crippen LogP contribution in [0.3, 0.4) is 0 Å². The number of methoxy groups -OCH3 is 1. The van der Waals surface area contributed by atoms with Crippen LogP contribution in [0.4, 0.5) is 4.39 Å². The molecule has 0 radical (unpaired) electrons. The number of fused-ring (bicyclic) bond motifs is 1. The van der Waals surface area contributed by atoms with Gasteiger partial charge in [0.05, 0.1) is 20.0 Å². The smallest absolute Gasteiger partial charge is 0.273 e. The van der Waals surface area contributed by atoms with Gasteiger partial charge in [-0.25, -0.2) is 9.37 Å². The van der Waals surface area contributed by atoms with Crippen molar-refractivity contribution in [3.8, 4) is 5.75 Å². The summed E-state index contributed by atoms with van der Waals surface area (Å²) in [6, 6.07) is 13.2. The molecule has 9 nitrogen and oxygen atoms in total. The van der Waals surface area contributed by atoms with Crippen molar-refractivity contribution in [3.05, 3.63) is 83.2 Å². The maximum atomic E-state index is 13.6. The van der Waals surface area contributed by atoms with Gasteiger partial charge >= 0.3 is 0 Å². The second-order valence-corrected chi connectivity index (χ2v) is 9.14. The van der Waals surface area contributed by atoms with Crippen LogP contribution in [0.2, 0.25) is 0 Å². The maximum Gasteiger partial charge on any atom is 0.273 e. The minimum Gasteiger partial charge on any atom is -0.497 e. The number of hydrogen-bond donors (Lipinski definition) is 2. The number of ether oxygens (including phenoxy) is 1. The van der Waals surface area contributed by atoms with E-state index in [0.717, 1.165) is 11.3 Å². The van der Waals surface area contributed by atoms with Gasteiger partial charge in [0.2, 0.25) is 5.91 Å². The van der Waals surface area contributed by atoms with Crippen LogP contribution in [0.5, 0.6) is 5.75 Å². The zero-order chi connectivity index (χ0) is 26.6. The Bertz CT molecular complexity index is 1310. The second-order valence-electron chi connectivity index (χ2n) is 9.14. The van der Waals surface area contributed by atoms with Crippen molar-refractivity contribution in [3.63, 3.8) is 0 Å². The molecule has 1 aliphatic rings. The van der Waals surface area contributed by atoms with Gasteiger partial charge < -0.3 is 24.8 Å². The number of halogens is 1.